The van der Waals surface area contributed by atoms with Gasteiger partial charge in [0.2, 0.25) is 0 Å². The van der Waals surface area contributed by atoms with E-state index in [9.17, 15) is 4.79 Å². The first kappa shape index (κ1) is 12.8. The SMILES string of the molecule is Cn1cc(CCNc2cnn(C)c(=O)c2Br)cn1. The molecule has 7 heteroatoms. The third-order valence-electron chi connectivity index (χ3n) is 2.57. The maximum Gasteiger partial charge on any atom is 0.282 e. The van der Waals surface area contributed by atoms with Gasteiger partial charge in [-0.3, -0.25) is 9.48 Å². The molecule has 0 aliphatic heterocycles. The largest absolute Gasteiger partial charge is 0.382 e. The third-order valence-corrected chi connectivity index (χ3v) is 3.33. The van der Waals surface area contributed by atoms with E-state index in [0.717, 1.165) is 18.5 Å². The van der Waals surface area contributed by atoms with Gasteiger partial charge in [0.05, 0.1) is 18.1 Å². The smallest absolute Gasteiger partial charge is 0.282 e. The minimum atomic E-state index is -0.152. The number of hydrogen-bond donors (Lipinski definition) is 1. The van der Waals surface area contributed by atoms with Crippen molar-refractivity contribution in [3.63, 3.8) is 0 Å². The molecule has 0 atom stereocenters. The van der Waals surface area contributed by atoms with Crippen LogP contribution in [0.1, 0.15) is 5.56 Å². The molecular weight excluding hydrogens is 298 g/mol. The molecule has 0 unspecified atom stereocenters. The van der Waals surface area contributed by atoms with Crippen molar-refractivity contribution >= 4 is 21.6 Å². The van der Waals surface area contributed by atoms with E-state index in [1.165, 1.54) is 4.68 Å². The molecule has 0 amide bonds. The van der Waals surface area contributed by atoms with E-state index >= 15 is 0 Å². The molecule has 2 heterocycles. The highest BCUT2D eigenvalue weighted by Gasteiger charge is 2.06. The zero-order valence-electron chi connectivity index (χ0n) is 10.2. The zero-order chi connectivity index (χ0) is 13.1. The summed E-state index contributed by atoms with van der Waals surface area (Å²) in [4.78, 5) is 11.6. The van der Waals surface area contributed by atoms with Crippen molar-refractivity contribution in [2.45, 2.75) is 6.42 Å². The first-order chi connectivity index (χ1) is 8.58. The number of nitrogens with one attached hydrogen (secondary N) is 1. The molecule has 96 valence electrons. The molecule has 1 N–H and O–H groups in total. The van der Waals surface area contributed by atoms with Gasteiger partial charge in [0.15, 0.2) is 0 Å². The van der Waals surface area contributed by atoms with Crippen molar-refractivity contribution in [3.8, 4) is 0 Å². The van der Waals surface area contributed by atoms with E-state index in [1.54, 1.807) is 17.9 Å². The molecule has 0 spiro atoms. The topological polar surface area (TPSA) is 64.7 Å². The van der Waals surface area contributed by atoms with E-state index in [4.69, 9.17) is 0 Å². The average Bonchev–Trinajstić information content (AvgIpc) is 2.75. The predicted octanol–water partition coefficient (Wildman–Crippen LogP) is 0.931. The van der Waals surface area contributed by atoms with Gasteiger partial charge in [0, 0.05) is 26.8 Å². The Bertz CT molecular complexity index is 604. The highest BCUT2D eigenvalue weighted by molar-refractivity contribution is 9.10. The molecule has 6 nitrogen and oxygen atoms in total. The van der Waals surface area contributed by atoms with Crippen LogP contribution in [0.5, 0.6) is 0 Å². The third kappa shape index (κ3) is 2.79. The van der Waals surface area contributed by atoms with E-state index in [-0.39, 0.29) is 5.56 Å². The average molecular weight is 312 g/mol. The van der Waals surface area contributed by atoms with Crippen molar-refractivity contribution in [2.75, 3.05) is 11.9 Å². The molecule has 0 fully saturated rings. The Kier molecular flexibility index (Phi) is 3.81. The number of halogens is 1. The lowest BCUT2D eigenvalue weighted by Gasteiger charge is -2.07. The number of hydrogen-bond acceptors (Lipinski definition) is 4. The van der Waals surface area contributed by atoms with Crippen LogP contribution in [0.4, 0.5) is 5.69 Å². The predicted molar refractivity (Wildman–Crippen MR) is 72.6 cm³/mol. The Morgan fingerprint density at radius 3 is 2.78 bits per heavy atom. The van der Waals surface area contributed by atoms with E-state index in [0.29, 0.717) is 10.2 Å². The molecular formula is C11H14BrN5O. The highest BCUT2D eigenvalue weighted by Crippen LogP contribution is 2.15. The van der Waals surface area contributed by atoms with Crippen LogP contribution in [0.15, 0.2) is 27.9 Å². The maximum atomic E-state index is 11.6. The van der Waals surface area contributed by atoms with Gasteiger partial charge >= 0.3 is 0 Å². The molecule has 0 bridgehead atoms. The first-order valence-corrected chi connectivity index (χ1v) is 6.30. The van der Waals surface area contributed by atoms with Crippen LogP contribution in [-0.4, -0.2) is 26.1 Å². The van der Waals surface area contributed by atoms with E-state index in [2.05, 4.69) is 31.4 Å². The summed E-state index contributed by atoms with van der Waals surface area (Å²) < 4.78 is 3.56. The summed E-state index contributed by atoms with van der Waals surface area (Å²) >= 11 is 3.27. The van der Waals surface area contributed by atoms with Gasteiger partial charge in [0.1, 0.15) is 4.47 Å². The molecule has 2 aromatic heterocycles. The number of aromatic nitrogens is 4. The van der Waals surface area contributed by atoms with Crippen molar-refractivity contribution in [1.29, 1.82) is 0 Å². The molecule has 2 rings (SSSR count). The number of aryl methyl sites for hydroxylation is 2. The van der Waals surface area contributed by atoms with Crippen molar-refractivity contribution in [2.24, 2.45) is 14.1 Å². The molecule has 0 saturated carbocycles. The van der Waals surface area contributed by atoms with Gasteiger partial charge in [-0.05, 0) is 27.9 Å². The second kappa shape index (κ2) is 5.34. The number of rotatable bonds is 4. The summed E-state index contributed by atoms with van der Waals surface area (Å²) in [6.07, 6.45) is 6.28. The zero-order valence-corrected chi connectivity index (χ0v) is 11.8. The Hall–Kier alpha value is -1.63. The summed E-state index contributed by atoms with van der Waals surface area (Å²) in [7, 11) is 3.50. The minimum absolute atomic E-state index is 0.152. The number of nitrogens with zero attached hydrogens (tertiary/aromatic N) is 4. The van der Waals surface area contributed by atoms with Gasteiger partial charge in [-0.15, -0.1) is 0 Å². The Labute approximate surface area is 113 Å². The molecule has 18 heavy (non-hydrogen) atoms. The summed E-state index contributed by atoms with van der Waals surface area (Å²) in [5.41, 5.74) is 1.71. The first-order valence-electron chi connectivity index (χ1n) is 5.51. The van der Waals surface area contributed by atoms with Crippen molar-refractivity contribution in [3.05, 3.63) is 39.0 Å². The fraction of sp³-hybridized carbons (Fsp3) is 0.364. The quantitative estimate of drug-likeness (QED) is 0.912. The summed E-state index contributed by atoms with van der Waals surface area (Å²) in [5.74, 6) is 0. The monoisotopic (exact) mass is 311 g/mol. The van der Waals surface area contributed by atoms with E-state index < -0.39 is 0 Å². The van der Waals surface area contributed by atoms with Crippen LogP contribution in [0, 0.1) is 0 Å². The van der Waals surface area contributed by atoms with Crippen LogP contribution in [-0.2, 0) is 20.5 Å². The molecule has 0 aliphatic rings. The van der Waals surface area contributed by atoms with Gasteiger partial charge in [-0.25, -0.2) is 4.68 Å². The summed E-state index contributed by atoms with van der Waals surface area (Å²) in [6.45, 7) is 0.721. The second-order valence-corrected chi connectivity index (χ2v) is 4.79. The maximum absolute atomic E-state index is 11.6. The van der Waals surface area contributed by atoms with Crippen LogP contribution < -0.4 is 10.9 Å². The van der Waals surface area contributed by atoms with Crippen molar-refractivity contribution < 1.29 is 0 Å². The fourth-order valence-electron chi connectivity index (χ4n) is 1.58. The highest BCUT2D eigenvalue weighted by atomic mass is 79.9. The summed E-state index contributed by atoms with van der Waals surface area (Å²) in [5, 5.41) is 11.2. The Balaban J connectivity index is 1.99. The minimum Gasteiger partial charge on any atom is -0.382 e. The summed E-state index contributed by atoms with van der Waals surface area (Å²) in [6, 6.07) is 0. The normalized spacial score (nSPS) is 10.6. The molecule has 0 saturated heterocycles. The van der Waals surface area contributed by atoms with Crippen molar-refractivity contribution in [1.82, 2.24) is 19.6 Å². The van der Waals surface area contributed by atoms with Gasteiger partial charge < -0.3 is 5.32 Å². The lowest BCUT2D eigenvalue weighted by Crippen LogP contribution is -2.21. The van der Waals surface area contributed by atoms with Gasteiger partial charge in [0.25, 0.3) is 5.56 Å². The molecule has 0 aliphatic carbocycles. The molecule has 2 aromatic rings. The lowest BCUT2D eigenvalue weighted by atomic mass is 10.2. The van der Waals surface area contributed by atoms with Crippen LogP contribution in [0.25, 0.3) is 0 Å². The number of anilines is 1. The second-order valence-electron chi connectivity index (χ2n) is 4.00. The van der Waals surface area contributed by atoms with Crippen LogP contribution >= 0.6 is 15.9 Å². The molecule has 0 radical (unpaired) electrons. The Morgan fingerprint density at radius 2 is 2.11 bits per heavy atom. The lowest BCUT2D eigenvalue weighted by molar-refractivity contribution is 0.703. The Morgan fingerprint density at radius 1 is 1.33 bits per heavy atom. The van der Waals surface area contributed by atoms with Gasteiger partial charge in [-0.1, -0.05) is 0 Å². The standard InChI is InChI=1S/C11H14BrN5O/c1-16-7-8(5-14-16)3-4-13-9-6-15-17(2)11(18)10(9)12/h5-7,13H,3-4H2,1-2H3. The molecule has 0 aromatic carbocycles. The van der Waals surface area contributed by atoms with Crippen LogP contribution in [0.3, 0.4) is 0 Å². The van der Waals surface area contributed by atoms with E-state index in [1.807, 2.05) is 19.4 Å². The fourth-order valence-corrected chi connectivity index (χ4v) is 2.08. The van der Waals surface area contributed by atoms with Gasteiger partial charge in [-0.2, -0.15) is 10.2 Å². The van der Waals surface area contributed by atoms with Crippen LogP contribution in [0.2, 0.25) is 0 Å².